The van der Waals surface area contributed by atoms with Gasteiger partial charge in [-0.25, -0.2) is 13.1 Å². The zero-order chi connectivity index (χ0) is 14.8. The van der Waals surface area contributed by atoms with E-state index in [4.69, 9.17) is 4.74 Å². The Kier molecular flexibility index (Phi) is 4.85. The van der Waals surface area contributed by atoms with Gasteiger partial charge in [-0.1, -0.05) is 6.07 Å². The summed E-state index contributed by atoms with van der Waals surface area (Å²) in [6.45, 7) is 1.82. The van der Waals surface area contributed by atoms with Crippen molar-refractivity contribution in [3.8, 4) is 5.75 Å². The summed E-state index contributed by atoms with van der Waals surface area (Å²) in [6.07, 6.45) is 0. The number of hydrogen-bond donors (Lipinski definition) is 1. The van der Waals surface area contributed by atoms with Crippen molar-refractivity contribution < 1.29 is 13.2 Å². The van der Waals surface area contributed by atoms with Gasteiger partial charge in [-0.05, 0) is 52.5 Å². The number of thiophene rings is 1. The standard InChI is InChI=1S/C13H14BrNO3S2/c1-9(13-4-3-7-19-13)15-20(16,17)10-5-6-12(18-2)11(14)8-10/h3-9,15H,1-2H3. The van der Waals surface area contributed by atoms with Crippen LogP contribution in [0.2, 0.25) is 0 Å². The molecule has 4 nitrogen and oxygen atoms in total. The number of halogens is 1. The summed E-state index contributed by atoms with van der Waals surface area (Å²) < 4.78 is 33.0. The zero-order valence-electron chi connectivity index (χ0n) is 11.0. The molecule has 1 aromatic carbocycles. The molecule has 0 spiro atoms. The summed E-state index contributed by atoms with van der Waals surface area (Å²) in [4.78, 5) is 1.18. The van der Waals surface area contributed by atoms with Crippen molar-refractivity contribution in [1.29, 1.82) is 0 Å². The normalized spacial score (nSPS) is 13.2. The highest BCUT2D eigenvalue weighted by atomic mass is 79.9. The average molecular weight is 376 g/mol. The van der Waals surface area contributed by atoms with Crippen LogP contribution in [0, 0.1) is 0 Å². The molecule has 2 rings (SSSR count). The molecule has 0 fully saturated rings. The Morgan fingerprint density at radius 2 is 2.10 bits per heavy atom. The lowest BCUT2D eigenvalue weighted by Gasteiger charge is -2.13. The van der Waals surface area contributed by atoms with Crippen LogP contribution >= 0.6 is 27.3 Å². The average Bonchev–Trinajstić information content (AvgIpc) is 2.92. The molecule has 0 saturated heterocycles. The van der Waals surface area contributed by atoms with E-state index in [0.717, 1.165) is 4.88 Å². The fourth-order valence-corrected chi connectivity index (χ4v) is 4.46. The third-order valence-corrected chi connectivity index (χ3v) is 5.95. The third kappa shape index (κ3) is 3.41. The van der Waals surface area contributed by atoms with E-state index in [1.165, 1.54) is 30.6 Å². The highest BCUT2D eigenvalue weighted by Crippen LogP contribution is 2.28. The second-order valence-electron chi connectivity index (χ2n) is 4.15. The Morgan fingerprint density at radius 3 is 2.65 bits per heavy atom. The van der Waals surface area contributed by atoms with Gasteiger partial charge in [-0.15, -0.1) is 11.3 Å². The minimum absolute atomic E-state index is 0.202. The van der Waals surface area contributed by atoms with Gasteiger partial charge in [0.1, 0.15) is 5.75 Å². The van der Waals surface area contributed by atoms with Gasteiger partial charge < -0.3 is 4.74 Å². The predicted octanol–water partition coefficient (Wildman–Crippen LogP) is 3.56. The van der Waals surface area contributed by atoms with Gasteiger partial charge in [0, 0.05) is 4.88 Å². The summed E-state index contributed by atoms with van der Waals surface area (Å²) in [7, 11) is -2.03. The Morgan fingerprint density at radius 1 is 1.35 bits per heavy atom. The maximum atomic E-state index is 12.3. The fraction of sp³-hybridized carbons (Fsp3) is 0.231. The minimum Gasteiger partial charge on any atom is -0.496 e. The monoisotopic (exact) mass is 375 g/mol. The second-order valence-corrected chi connectivity index (χ2v) is 7.70. The Hall–Kier alpha value is -0.890. The van der Waals surface area contributed by atoms with Gasteiger partial charge in [0.2, 0.25) is 10.0 Å². The van der Waals surface area contributed by atoms with Crippen molar-refractivity contribution >= 4 is 37.3 Å². The van der Waals surface area contributed by atoms with Crippen LogP contribution in [0.4, 0.5) is 0 Å². The number of methoxy groups -OCH3 is 1. The van der Waals surface area contributed by atoms with Crippen molar-refractivity contribution in [3.05, 3.63) is 45.1 Å². The van der Waals surface area contributed by atoms with Crippen LogP contribution in [0.25, 0.3) is 0 Å². The molecule has 0 bridgehead atoms. The number of hydrogen-bond acceptors (Lipinski definition) is 4. The number of sulfonamides is 1. The molecular weight excluding hydrogens is 362 g/mol. The highest BCUT2D eigenvalue weighted by molar-refractivity contribution is 9.10. The van der Waals surface area contributed by atoms with Gasteiger partial charge in [-0.2, -0.15) is 0 Å². The first-order chi connectivity index (χ1) is 9.44. The molecule has 0 aliphatic rings. The summed E-state index contributed by atoms with van der Waals surface area (Å²) in [5.74, 6) is 0.593. The van der Waals surface area contributed by atoms with E-state index >= 15 is 0 Å². The fourth-order valence-electron chi connectivity index (χ4n) is 1.71. The van der Waals surface area contributed by atoms with E-state index in [1.54, 1.807) is 6.07 Å². The first kappa shape index (κ1) is 15.5. The Labute approximate surface area is 131 Å². The van der Waals surface area contributed by atoms with E-state index in [1.807, 2.05) is 24.4 Å². The van der Waals surface area contributed by atoms with E-state index in [-0.39, 0.29) is 10.9 Å². The van der Waals surface area contributed by atoms with Crippen molar-refractivity contribution in [1.82, 2.24) is 4.72 Å². The summed E-state index contributed by atoms with van der Waals surface area (Å²) in [5, 5.41) is 1.92. The maximum Gasteiger partial charge on any atom is 0.241 e. The largest absolute Gasteiger partial charge is 0.496 e. The zero-order valence-corrected chi connectivity index (χ0v) is 14.2. The van der Waals surface area contributed by atoms with E-state index in [9.17, 15) is 8.42 Å². The Balaban J connectivity index is 2.24. The molecule has 1 unspecified atom stereocenters. The third-order valence-electron chi connectivity index (χ3n) is 2.74. The number of nitrogens with one attached hydrogen (secondary N) is 1. The molecule has 1 atom stereocenters. The SMILES string of the molecule is COc1ccc(S(=O)(=O)NC(C)c2cccs2)cc1Br. The van der Waals surface area contributed by atoms with Gasteiger partial charge in [0.15, 0.2) is 0 Å². The van der Waals surface area contributed by atoms with Gasteiger partial charge in [0.05, 0.1) is 22.5 Å². The van der Waals surface area contributed by atoms with E-state index < -0.39 is 10.0 Å². The molecule has 0 aliphatic heterocycles. The van der Waals surface area contributed by atoms with Crippen LogP contribution in [0.5, 0.6) is 5.75 Å². The number of benzene rings is 1. The molecule has 1 aromatic heterocycles. The topological polar surface area (TPSA) is 55.4 Å². The maximum absolute atomic E-state index is 12.3. The summed E-state index contributed by atoms with van der Waals surface area (Å²) in [5.41, 5.74) is 0. The number of ether oxygens (including phenoxy) is 1. The van der Waals surface area contributed by atoms with E-state index in [0.29, 0.717) is 10.2 Å². The predicted molar refractivity (Wildman–Crippen MR) is 83.7 cm³/mol. The molecule has 1 N–H and O–H groups in total. The van der Waals surface area contributed by atoms with E-state index in [2.05, 4.69) is 20.7 Å². The van der Waals surface area contributed by atoms with Gasteiger partial charge in [-0.3, -0.25) is 0 Å². The number of rotatable bonds is 5. The lowest BCUT2D eigenvalue weighted by Crippen LogP contribution is -2.26. The van der Waals surface area contributed by atoms with Crippen molar-refractivity contribution in [3.63, 3.8) is 0 Å². The molecular formula is C13H14BrNO3S2. The lowest BCUT2D eigenvalue weighted by molar-refractivity contribution is 0.411. The van der Waals surface area contributed by atoms with Gasteiger partial charge in [0.25, 0.3) is 0 Å². The quantitative estimate of drug-likeness (QED) is 0.868. The van der Waals surface area contributed by atoms with Crippen molar-refractivity contribution in [2.45, 2.75) is 17.9 Å². The van der Waals surface area contributed by atoms with Gasteiger partial charge >= 0.3 is 0 Å². The molecule has 108 valence electrons. The molecule has 0 aliphatic carbocycles. The lowest BCUT2D eigenvalue weighted by atomic mass is 10.3. The molecule has 20 heavy (non-hydrogen) atoms. The summed E-state index contributed by atoms with van der Waals surface area (Å²) >= 11 is 4.81. The second kappa shape index (κ2) is 6.26. The highest BCUT2D eigenvalue weighted by Gasteiger charge is 2.20. The van der Waals surface area contributed by atoms with Crippen LogP contribution in [-0.4, -0.2) is 15.5 Å². The van der Waals surface area contributed by atoms with Crippen molar-refractivity contribution in [2.24, 2.45) is 0 Å². The summed E-state index contributed by atoms with van der Waals surface area (Å²) in [6, 6.07) is 8.21. The Bertz CT molecular complexity index is 684. The first-order valence-electron chi connectivity index (χ1n) is 5.83. The molecule has 0 saturated carbocycles. The molecule has 0 radical (unpaired) electrons. The van der Waals surface area contributed by atoms with Crippen LogP contribution in [0.15, 0.2) is 45.1 Å². The molecule has 7 heteroatoms. The van der Waals surface area contributed by atoms with Crippen LogP contribution in [0.3, 0.4) is 0 Å². The molecule has 1 heterocycles. The van der Waals surface area contributed by atoms with Crippen LogP contribution in [-0.2, 0) is 10.0 Å². The smallest absolute Gasteiger partial charge is 0.241 e. The molecule has 2 aromatic rings. The van der Waals surface area contributed by atoms with Crippen molar-refractivity contribution in [2.75, 3.05) is 7.11 Å². The van der Waals surface area contributed by atoms with Crippen LogP contribution < -0.4 is 9.46 Å². The first-order valence-corrected chi connectivity index (χ1v) is 8.99. The molecule has 0 amide bonds. The van der Waals surface area contributed by atoms with Crippen LogP contribution in [0.1, 0.15) is 17.8 Å². The minimum atomic E-state index is -3.56.